The predicted molar refractivity (Wildman–Crippen MR) is 48.4 cm³/mol. The zero-order valence-corrected chi connectivity index (χ0v) is 8.29. The molecule has 1 saturated carbocycles. The van der Waals surface area contributed by atoms with Gasteiger partial charge in [0.2, 0.25) is 5.91 Å². The van der Waals surface area contributed by atoms with Crippen molar-refractivity contribution in [2.24, 2.45) is 5.73 Å². The quantitative estimate of drug-likeness (QED) is 0.854. The van der Waals surface area contributed by atoms with Crippen molar-refractivity contribution in [1.29, 1.82) is 0 Å². The minimum absolute atomic E-state index is 0.0861. The topological polar surface area (TPSA) is 60.9 Å². The molecule has 1 amide bonds. The fourth-order valence-corrected chi connectivity index (χ4v) is 1.55. The third kappa shape index (κ3) is 2.17. The summed E-state index contributed by atoms with van der Waals surface area (Å²) >= 11 is 0. The molecule has 0 saturated heterocycles. The van der Waals surface area contributed by atoms with E-state index in [0.29, 0.717) is 5.69 Å². The lowest BCUT2D eigenvalue weighted by Gasteiger charge is -2.02. The SMILES string of the molecule is NC(=O)Cn1nc(C(F)(F)F)cc1C1CC1. The molecule has 2 N–H and O–H groups in total. The van der Waals surface area contributed by atoms with Gasteiger partial charge in [0.25, 0.3) is 0 Å². The van der Waals surface area contributed by atoms with Crippen LogP contribution >= 0.6 is 0 Å². The van der Waals surface area contributed by atoms with E-state index in [1.807, 2.05) is 0 Å². The minimum atomic E-state index is -4.48. The van der Waals surface area contributed by atoms with Gasteiger partial charge in [-0.2, -0.15) is 18.3 Å². The Balaban J connectivity index is 2.34. The molecule has 1 aliphatic carbocycles. The molecule has 1 heterocycles. The van der Waals surface area contributed by atoms with Gasteiger partial charge in [0, 0.05) is 11.6 Å². The number of nitrogens with two attached hydrogens (primary N) is 1. The van der Waals surface area contributed by atoms with Crippen molar-refractivity contribution in [3.63, 3.8) is 0 Å². The summed E-state index contributed by atoms with van der Waals surface area (Å²) in [6.45, 7) is -0.304. The van der Waals surface area contributed by atoms with Gasteiger partial charge >= 0.3 is 6.18 Å². The van der Waals surface area contributed by atoms with Gasteiger partial charge < -0.3 is 5.73 Å². The number of hydrogen-bond acceptors (Lipinski definition) is 2. The second kappa shape index (κ2) is 3.50. The summed E-state index contributed by atoms with van der Waals surface area (Å²) in [6, 6.07) is 1.00. The van der Waals surface area contributed by atoms with E-state index in [4.69, 9.17) is 5.73 Å². The van der Waals surface area contributed by atoms with Crippen molar-refractivity contribution in [3.8, 4) is 0 Å². The predicted octanol–water partition coefficient (Wildman–Crippen LogP) is 1.26. The van der Waals surface area contributed by atoms with E-state index in [1.54, 1.807) is 0 Å². The molecule has 0 spiro atoms. The minimum Gasteiger partial charge on any atom is -0.368 e. The van der Waals surface area contributed by atoms with Gasteiger partial charge in [-0.05, 0) is 18.9 Å². The molecule has 0 unspecified atom stereocenters. The van der Waals surface area contributed by atoms with Crippen LogP contribution in [0.3, 0.4) is 0 Å². The Labute approximate surface area is 89.2 Å². The molecule has 0 bridgehead atoms. The molecular weight excluding hydrogens is 223 g/mol. The third-order valence-electron chi connectivity index (χ3n) is 2.40. The molecule has 1 fully saturated rings. The van der Waals surface area contributed by atoms with Gasteiger partial charge in [0.05, 0.1) is 0 Å². The van der Waals surface area contributed by atoms with Crippen LogP contribution in [-0.4, -0.2) is 15.7 Å². The van der Waals surface area contributed by atoms with Crippen LogP contribution in [0.5, 0.6) is 0 Å². The van der Waals surface area contributed by atoms with Gasteiger partial charge in [-0.1, -0.05) is 0 Å². The first-order valence-corrected chi connectivity index (χ1v) is 4.81. The molecule has 7 heteroatoms. The summed E-state index contributed by atoms with van der Waals surface area (Å²) < 4.78 is 38.3. The molecule has 88 valence electrons. The van der Waals surface area contributed by atoms with E-state index in [1.165, 1.54) is 0 Å². The van der Waals surface area contributed by atoms with Crippen molar-refractivity contribution >= 4 is 5.91 Å². The lowest BCUT2D eigenvalue weighted by Crippen LogP contribution is -2.21. The maximum Gasteiger partial charge on any atom is 0.435 e. The molecule has 0 atom stereocenters. The highest BCUT2D eigenvalue weighted by atomic mass is 19.4. The summed E-state index contributed by atoms with van der Waals surface area (Å²) in [5.41, 5.74) is 4.44. The fraction of sp³-hybridized carbons (Fsp3) is 0.556. The second-order valence-corrected chi connectivity index (χ2v) is 3.85. The summed E-state index contributed by atoms with van der Waals surface area (Å²) in [7, 11) is 0. The molecule has 1 aromatic rings. The van der Waals surface area contributed by atoms with Gasteiger partial charge in [-0.3, -0.25) is 9.48 Å². The highest BCUT2D eigenvalue weighted by molar-refractivity contribution is 5.73. The van der Waals surface area contributed by atoms with Crippen LogP contribution in [0.2, 0.25) is 0 Å². The van der Waals surface area contributed by atoms with Gasteiger partial charge in [-0.15, -0.1) is 0 Å². The largest absolute Gasteiger partial charge is 0.435 e. The van der Waals surface area contributed by atoms with Crippen molar-refractivity contribution < 1.29 is 18.0 Å². The molecule has 1 aliphatic rings. The molecule has 0 aliphatic heterocycles. The van der Waals surface area contributed by atoms with Crippen molar-refractivity contribution in [2.45, 2.75) is 31.5 Å². The zero-order chi connectivity index (χ0) is 11.9. The van der Waals surface area contributed by atoms with Gasteiger partial charge in [0.1, 0.15) is 6.54 Å². The van der Waals surface area contributed by atoms with Crippen LogP contribution in [-0.2, 0) is 17.5 Å². The van der Waals surface area contributed by atoms with Crippen LogP contribution in [0.4, 0.5) is 13.2 Å². The van der Waals surface area contributed by atoms with E-state index in [9.17, 15) is 18.0 Å². The number of aromatic nitrogens is 2. The molecule has 1 aromatic heterocycles. The van der Waals surface area contributed by atoms with Gasteiger partial charge in [0.15, 0.2) is 5.69 Å². The van der Waals surface area contributed by atoms with Gasteiger partial charge in [-0.25, -0.2) is 0 Å². The van der Waals surface area contributed by atoms with Crippen molar-refractivity contribution in [2.75, 3.05) is 0 Å². The normalized spacial score (nSPS) is 16.4. The smallest absolute Gasteiger partial charge is 0.368 e. The molecule has 0 aromatic carbocycles. The van der Waals surface area contributed by atoms with Crippen LogP contribution in [0.1, 0.15) is 30.1 Å². The highest BCUT2D eigenvalue weighted by Gasteiger charge is 2.37. The number of rotatable bonds is 3. The number of amides is 1. The van der Waals surface area contributed by atoms with E-state index >= 15 is 0 Å². The number of alkyl halides is 3. The Bertz CT molecular complexity index is 420. The number of primary amides is 1. The monoisotopic (exact) mass is 233 g/mol. The number of nitrogens with zero attached hydrogens (tertiary/aromatic N) is 2. The third-order valence-corrected chi connectivity index (χ3v) is 2.40. The number of hydrogen-bond donors (Lipinski definition) is 1. The zero-order valence-electron chi connectivity index (χ0n) is 8.29. The molecule has 2 rings (SSSR count). The summed E-state index contributed by atoms with van der Waals surface area (Å²) in [6.07, 6.45) is -2.81. The number of halogens is 3. The van der Waals surface area contributed by atoms with Crippen LogP contribution < -0.4 is 5.73 Å². The van der Waals surface area contributed by atoms with Crippen molar-refractivity contribution in [3.05, 3.63) is 17.5 Å². The Morgan fingerprint density at radius 2 is 2.19 bits per heavy atom. The first-order chi connectivity index (χ1) is 7.38. The van der Waals surface area contributed by atoms with Crippen LogP contribution in [0, 0.1) is 0 Å². The van der Waals surface area contributed by atoms with Crippen molar-refractivity contribution in [1.82, 2.24) is 9.78 Å². The highest BCUT2D eigenvalue weighted by Crippen LogP contribution is 2.41. The first kappa shape index (κ1) is 11.0. The molecule has 16 heavy (non-hydrogen) atoms. The Morgan fingerprint density at radius 3 is 2.62 bits per heavy atom. The summed E-state index contributed by atoms with van der Waals surface area (Å²) in [5.74, 6) is -0.610. The van der Waals surface area contributed by atoms with E-state index in [-0.39, 0.29) is 12.5 Å². The van der Waals surface area contributed by atoms with Crippen LogP contribution in [0.15, 0.2) is 6.07 Å². The summed E-state index contributed by atoms with van der Waals surface area (Å²) in [5, 5.41) is 3.37. The van der Waals surface area contributed by atoms with E-state index < -0.39 is 17.8 Å². The molecular formula is C9H10F3N3O. The average Bonchev–Trinajstić information content (AvgIpc) is 2.86. The second-order valence-electron chi connectivity index (χ2n) is 3.85. The number of carbonyl (C=O) groups is 1. The first-order valence-electron chi connectivity index (χ1n) is 4.81. The maximum absolute atomic E-state index is 12.4. The van der Waals surface area contributed by atoms with Crippen LogP contribution in [0.25, 0.3) is 0 Å². The van der Waals surface area contributed by atoms with E-state index in [0.717, 1.165) is 23.6 Å². The lowest BCUT2D eigenvalue weighted by atomic mass is 10.2. The fourth-order valence-electron chi connectivity index (χ4n) is 1.55. The van der Waals surface area contributed by atoms with E-state index in [2.05, 4.69) is 5.10 Å². The Hall–Kier alpha value is -1.53. The molecule has 0 radical (unpaired) electrons. The summed E-state index contributed by atoms with van der Waals surface area (Å²) in [4.78, 5) is 10.7. The maximum atomic E-state index is 12.4. The Morgan fingerprint density at radius 1 is 1.56 bits per heavy atom. The number of carbonyl (C=O) groups excluding carboxylic acids is 1. The molecule has 4 nitrogen and oxygen atoms in total. The lowest BCUT2D eigenvalue weighted by molar-refractivity contribution is -0.141. The standard InChI is InChI=1S/C9H10F3N3O/c10-9(11,12)7-3-6(5-1-2-5)15(14-7)4-8(13)16/h3,5H,1-2,4H2,(H2,13,16). The Kier molecular flexibility index (Phi) is 2.40. The average molecular weight is 233 g/mol.